The molecule has 0 aliphatic rings. The van der Waals surface area contributed by atoms with E-state index in [4.69, 9.17) is 9.47 Å². The van der Waals surface area contributed by atoms with Crippen LogP contribution in [0.25, 0.3) is 0 Å². The molecular weight excluding hydrogens is 476 g/mol. The van der Waals surface area contributed by atoms with Crippen molar-refractivity contribution in [1.82, 2.24) is 0 Å². The summed E-state index contributed by atoms with van der Waals surface area (Å²) >= 11 is 0. The van der Waals surface area contributed by atoms with Gasteiger partial charge < -0.3 is 14.6 Å². The second-order valence-electron chi connectivity index (χ2n) is 11.7. The molecule has 0 aliphatic carbocycles. The quantitative estimate of drug-likeness (QED) is 0.0755. The van der Waals surface area contributed by atoms with E-state index in [1.54, 1.807) is 0 Å². The van der Waals surface area contributed by atoms with Gasteiger partial charge in [-0.05, 0) is 18.8 Å². The Morgan fingerprint density at radius 1 is 0.579 bits per heavy atom. The summed E-state index contributed by atoms with van der Waals surface area (Å²) in [7, 11) is 0. The number of ether oxygens (including phenoxy) is 2. The molecule has 1 N–H and O–H groups in total. The molecular formula is C33H64O5. The second-order valence-corrected chi connectivity index (χ2v) is 11.7. The molecule has 226 valence electrons. The Bertz CT molecular complexity index is 520. The molecule has 0 unspecified atom stereocenters. The van der Waals surface area contributed by atoms with Gasteiger partial charge in [0.05, 0.1) is 6.61 Å². The molecule has 1 atom stereocenters. The summed E-state index contributed by atoms with van der Waals surface area (Å²) in [5.74, 6) is 0.262. The van der Waals surface area contributed by atoms with Crippen molar-refractivity contribution in [2.45, 2.75) is 181 Å². The van der Waals surface area contributed by atoms with Gasteiger partial charge in [-0.3, -0.25) is 9.59 Å². The lowest BCUT2D eigenvalue weighted by molar-refractivity contribution is -0.161. The van der Waals surface area contributed by atoms with Crippen LogP contribution in [-0.2, 0) is 19.1 Å². The molecule has 5 heteroatoms. The van der Waals surface area contributed by atoms with E-state index in [1.165, 1.54) is 103 Å². The molecule has 0 radical (unpaired) electrons. The molecule has 0 spiro atoms. The summed E-state index contributed by atoms with van der Waals surface area (Å²) in [6.45, 7) is 6.41. The number of hydrogen-bond acceptors (Lipinski definition) is 5. The summed E-state index contributed by atoms with van der Waals surface area (Å²) in [6.07, 6.45) is 27.6. The Kier molecular flexibility index (Phi) is 28.1. The molecule has 0 saturated heterocycles. The SMILES string of the molecule is CCCCCCCC(=O)OC[C@H](CO)OC(=O)CCCCCCCCCCCCCCCCCCC(C)C. The van der Waals surface area contributed by atoms with E-state index in [2.05, 4.69) is 20.8 Å². The number of esters is 2. The molecule has 0 aromatic heterocycles. The van der Waals surface area contributed by atoms with Gasteiger partial charge in [0, 0.05) is 12.8 Å². The first kappa shape index (κ1) is 36.9. The fourth-order valence-electron chi connectivity index (χ4n) is 4.80. The van der Waals surface area contributed by atoms with E-state index >= 15 is 0 Å². The lowest BCUT2D eigenvalue weighted by Crippen LogP contribution is -2.28. The third-order valence-corrected chi connectivity index (χ3v) is 7.33. The van der Waals surface area contributed by atoms with Crippen molar-refractivity contribution in [2.75, 3.05) is 13.2 Å². The van der Waals surface area contributed by atoms with Crippen molar-refractivity contribution < 1.29 is 24.2 Å². The summed E-state index contributed by atoms with van der Waals surface area (Å²) in [5.41, 5.74) is 0. The van der Waals surface area contributed by atoms with Crippen LogP contribution in [0.3, 0.4) is 0 Å². The zero-order chi connectivity index (χ0) is 28.1. The first-order valence-electron chi connectivity index (χ1n) is 16.5. The number of carbonyl (C=O) groups is 2. The summed E-state index contributed by atoms with van der Waals surface area (Å²) < 4.78 is 10.4. The third kappa shape index (κ3) is 27.9. The number of rotatable bonds is 29. The first-order chi connectivity index (χ1) is 18.5. The van der Waals surface area contributed by atoms with Crippen LogP contribution in [0.1, 0.15) is 175 Å². The number of aliphatic hydroxyl groups excluding tert-OH is 1. The molecule has 0 saturated carbocycles. The van der Waals surface area contributed by atoms with E-state index in [0.717, 1.165) is 44.4 Å². The molecule has 0 fully saturated rings. The standard InChI is InChI=1S/C33H64O5/c1-4-5-6-19-23-26-32(35)37-29-31(28-34)38-33(36)27-24-21-18-16-14-12-10-8-7-9-11-13-15-17-20-22-25-30(2)3/h30-31,34H,4-29H2,1-3H3/t31-/m0/s1. The van der Waals surface area contributed by atoms with Crippen LogP contribution in [-0.4, -0.2) is 36.4 Å². The molecule has 38 heavy (non-hydrogen) atoms. The van der Waals surface area contributed by atoms with Gasteiger partial charge in [-0.2, -0.15) is 0 Å². The fourth-order valence-corrected chi connectivity index (χ4v) is 4.80. The van der Waals surface area contributed by atoms with E-state index in [9.17, 15) is 14.7 Å². The number of aliphatic hydroxyl groups is 1. The Balaban J connectivity index is 3.45. The second kappa shape index (κ2) is 28.9. The molecule has 0 aromatic carbocycles. The normalized spacial score (nSPS) is 12.1. The predicted molar refractivity (Wildman–Crippen MR) is 159 cm³/mol. The van der Waals surface area contributed by atoms with Crippen LogP contribution < -0.4 is 0 Å². The minimum atomic E-state index is -0.758. The highest BCUT2D eigenvalue weighted by molar-refractivity contribution is 5.70. The van der Waals surface area contributed by atoms with Gasteiger partial charge in [-0.1, -0.05) is 149 Å². The maximum atomic E-state index is 12.0. The smallest absolute Gasteiger partial charge is 0.306 e. The predicted octanol–water partition coefficient (Wildman–Crippen LogP) is 9.47. The first-order valence-corrected chi connectivity index (χ1v) is 16.5. The van der Waals surface area contributed by atoms with Gasteiger partial charge in [-0.25, -0.2) is 0 Å². The van der Waals surface area contributed by atoms with Crippen molar-refractivity contribution in [3.63, 3.8) is 0 Å². The zero-order valence-electron chi connectivity index (χ0n) is 25.6. The average Bonchev–Trinajstić information content (AvgIpc) is 2.90. The van der Waals surface area contributed by atoms with Crippen molar-refractivity contribution in [2.24, 2.45) is 5.92 Å². The lowest BCUT2D eigenvalue weighted by atomic mass is 10.0. The summed E-state index contributed by atoms with van der Waals surface area (Å²) in [6, 6.07) is 0. The van der Waals surface area contributed by atoms with Crippen LogP contribution in [0.15, 0.2) is 0 Å². The van der Waals surface area contributed by atoms with Crippen LogP contribution in [0, 0.1) is 5.92 Å². The van der Waals surface area contributed by atoms with Crippen LogP contribution >= 0.6 is 0 Å². The minimum Gasteiger partial charge on any atom is -0.462 e. The highest BCUT2D eigenvalue weighted by Gasteiger charge is 2.16. The zero-order valence-corrected chi connectivity index (χ0v) is 25.6. The monoisotopic (exact) mass is 540 g/mol. The van der Waals surface area contributed by atoms with Gasteiger partial charge in [0.25, 0.3) is 0 Å². The summed E-state index contributed by atoms with van der Waals surface area (Å²) in [5, 5.41) is 9.43. The number of hydrogen-bond donors (Lipinski definition) is 1. The lowest BCUT2D eigenvalue weighted by Gasteiger charge is -2.15. The number of carbonyl (C=O) groups excluding carboxylic acids is 2. The van der Waals surface area contributed by atoms with Gasteiger partial charge in [0.15, 0.2) is 6.10 Å². The molecule has 0 rings (SSSR count). The Morgan fingerprint density at radius 2 is 0.974 bits per heavy atom. The van der Waals surface area contributed by atoms with Crippen molar-refractivity contribution in [1.29, 1.82) is 0 Å². The van der Waals surface area contributed by atoms with Crippen LogP contribution in [0.5, 0.6) is 0 Å². The van der Waals surface area contributed by atoms with Gasteiger partial charge in [0.2, 0.25) is 0 Å². The molecule has 0 bridgehead atoms. The van der Waals surface area contributed by atoms with Crippen molar-refractivity contribution >= 4 is 11.9 Å². The number of unbranched alkanes of at least 4 members (excludes halogenated alkanes) is 19. The highest BCUT2D eigenvalue weighted by Crippen LogP contribution is 2.15. The van der Waals surface area contributed by atoms with Gasteiger partial charge >= 0.3 is 11.9 Å². The van der Waals surface area contributed by atoms with E-state index in [0.29, 0.717) is 12.8 Å². The van der Waals surface area contributed by atoms with Gasteiger partial charge in [-0.15, -0.1) is 0 Å². The molecule has 0 aromatic rings. The van der Waals surface area contributed by atoms with Crippen LogP contribution in [0.4, 0.5) is 0 Å². The van der Waals surface area contributed by atoms with Crippen molar-refractivity contribution in [3.8, 4) is 0 Å². The molecule has 0 heterocycles. The average molecular weight is 541 g/mol. The largest absolute Gasteiger partial charge is 0.462 e. The maximum Gasteiger partial charge on any atom is 0.306 e. The third-order valence-electron chi connectivity index (χ3n) is 7.33. The van der Waals surface area contributed by atoms with E-state index < -0.39 is 6.10 Å². The molecule has 0 amide bonds. The Labute approximate surface area is 236 Å². The van der Waals surface area contributed by atoms with Crippen molar-refractivity contribution in [3.05, 3.63) is 0 Å². The van der Waals surface area contributed by atoms with Crippen LogP contribution in [0.2, 0.25) is 0 Å². The Morgan fingerprint density at radius 3 is 1.39 bits per heavy atom. The summed E-state index contributed by atoms with van der Waals surface area (Å²) in [4.78, 5) is 23.8. The van der Waals surface area contributed by atoms with E-state index in [1.807, 2.05) is 0 Å². The minimum absolute atomic E-state index is 0.0609. The van der Waals surface area contributed by atoms with E-state index in [-0.39, 0.29) is 25.2 Å². The fraction of sp³-hybridized carbons (Fsp3) is 0.939. The Hall–Kier alpha value is -1.10. The van der Waals surface area contributed by atoms with Gasteiger partial charge in [0.1, 0.15) is 6.61 Å². The maximum absolute atomic E-state index is 12.0. The highest BCUT2D eigenvalue weighted by atomic mass is 16.6. The molecule has 5 nitrogen and oxygen atoms in total. The topological polar surface area (TPSA) is 72.8 Å². The molecule has 0 aliphatic heterocycles.